The quantitative estimate of drug-likeness (QED) is 0.871. The molecule has 1 N–H and O–H groups in total. The number of para-hydroxylation sites is 2. The Labute approximate surface area is 160 Å². The van der Waals surface area contributed by atoms with Crippen LogP contribution in [0.4, 0.5) is 5.69 Å². The van der Waals surface area contributed by atoms with Crippen LogP contribution < -0.4 is 10.1 Å². The number of aliphatic imine (C=N–C) groups is 1. The molecule has 0 unspecified atom stereocenters. The first-order valence-electron chi connectivity index (χ1n) is 8.75. The topological polar surface area (TPSA) is 71.0 Å². The molecule has 0 saturated carbocycles. The number of carbonyl (C=O) groups is 2. The third kappa shape index (κ3) is 2.45. The van der Waals surface area contributed by atoms with Gasteiger partial charge < -0.3 is 10.1 Å². The predicted octanol–water partition coefficient (Wildman–Crippen LogP) is 3.04. The van der Waals surface area contributed by atoms with Crippen LogP contribution in [0, 0.1) is 5.92 Å². The second-order valence-corrected chi connectivity index (χ2v) is 7.86. The normalized spacial score (nSPS) is 28.0. The van der Waals surface area contributed by atoms with E-state index < -0.39 is 17.7 Å². The average molecular weight is 379 g/mol. The van der Waals surface area contributed by atoms with E-state index in [4.69, 9.17) is 9.73 Å². The first-order valence-corrected chi connectivity index (χ1v) is 9.74. The minimum Gasteiger partial charge on any atom is -0.465 e. The number of ether oxygens (including phenoxy) is 1. The molecule has 7 heteroatoms. The van der Waals surface area contributed by atoms with E-state index in [-0.39, 0.29) is 11.8 Å². The molecule has 136 valence electrons. The summed E-state index contributed by atoms with van der Waals surface area (Å²) >= 11 is 1.40. The molecule has 3 aliphatic heterocycles. The van der Waals surface area contributed by atoms with Crippen LogP contribution in [0.5, 0.6) is 5.75 Å². The van der Waals surface area contributed by atoms with Gasteiger partial charge >= 0.3 is 0 Å². The molecule has 1 saturated heterocycles. The molecule has 0 aromatic heterocycles. The number of carbonyl (C=O) groups excluding carboxylic acids is 2. The Morgan fingerprint density at radius 2 is 1.96 bits per heavy atom. The second kappa shape index (κ2) is 5.85. The van der Waals surface area contributed by atoms with Gasteiger partial charge in [-0.15, -0.1) is 0 Å². The van der Waals surface area contributed by atoms with Gasteiger partial charge in [0.05, 0.1) is 11.8 Å². The number of fused-ring (bicyclic) bond motifs is 6. The molecule has 27 heavy (non-hydrogen) atoms. The van der Waals surface area contributed by atoms with Gasteiger partial charge in [0.2, 0.25) is 17.5 Å². The molecule has 6 nitrogen and oxygen atoms in total. The lowest BCUT2D eigenvalue weighted by atomic mass is 9.79. The first kappa shape index (κ1) is 16.4. The summed E-state index contributed by atoms with van der Waals surface area (Å²) in [5.41, 5.74) is 0.474. The molecule has 0 radical (unpaired) electrons. The summed E-state index contributed by atoms with van der Waals surface area (Å²) in [5.74, 6) is 0.108. The van der Waals surface area contributed by atoms with E-state index in [0.29, 0.717) is 22.4 Å². The molecule has 1 fully saturated rings. The van der Waals surface area contributed by atoms with Crippen LogP contribution in [0.1, 0.15) is 18.5 Å². The van der Waals surface area contributed by atoms with Crippen molar-refractivity contribution in [3.63, 3.8) is 0 Å². The molecule has 2 aromatic rings. The van der Waals surface area contributed by atoms with Crippen LogP contribution in [0.15, 0.2) is 59.6 Å². The minimum absolute atomic E-state index is 0.0278. The number of thioether (sulfide) groups is 1. The zero-order valence-corrected chi connectivity index (χ0v) is 15.4. The van der Waals surface area contributed by atoms with Gasteiger partial charge in [-0.25, -0.2) is 4.99 Å². The Bertz CT molecular complexity index is 977. The van der Waals surface area contributed by atoms with Crippen molar-refractivity contribution >= 4 is 34.4 Å². The Morgan fingerprint density at radius 3 is 2.78 bits per heavy atom. The highest BCUT2D eigenvalue weighted by atomic mass is 32.2. The fourth-order valence-electron chi connectivity index (χ4n) is 4.01. The maximum Gasteiger partial charge on any atom is 0.239 e. The number of nitrogens with zero attached hydrogens (tertiary/aromatic N) is 2. The third-order valence-corrected chi connectivity index (χ3v) is 6.10. The number of hydrogen-bond donors (Lipinski definition) is 1. The summed E-state index contributed by atoms with van der Waals surface area (Å²) < 4.78 is 6.21. The summed E-state index contributed by atoms with van der Waals surface area (Å²) in [4.78, 5) is 32.2. The summed E-state index contributed by atoms with van der Waals surface area (Å²) in [6.45, 7) is 1.82. The van der Waals surface area contributed by atoms with Gasteiger partial charge in [0.15, 0.2) is 5.17 Å². The molecule has 0 aliphatic carbocycles. The maximum absolute atomic E-state index is 13.3. The van der Waals surface area contributed by atoms with Crippen molar-refractivity contribution in [2.24, 2.45) is 10.9 Å². The van der Waals surface area contributed by atoms with Gasteiger partial charge in [-0.1, -0.05) is 48.2 Å². The molecule has 3 aliphatic rings. The minimum atomic E-state index is -1.07. The van der Waals surface area contributed by atoms with Crippen molar-refractivity contribution in [1.82, 2.24) is 4.90 Å². The number of anilines is 1. The van der Waals surface area contributed by atoms with Gasteiger partial charge in [-0.05, 0) is 25.1 Å². The van der Waals surface area contributed by atoms with Crippen LogP contribution in [-0.4, -0.2) is 33.4 Å². The number of rotatable bonds is 2. The first-order chi connectivity index (χ1) is 13.1. The van der Waals surface area contributed by atoms with Crippen molar-refractivity contribution in [3.05, 3.63) is 60.2 Å². The van der Waals surface area contributed by atoms with Crippen molar-refractivity contribution in [2.45, 2.75) is 18.7 Å². The summed E-state index contributed by atoms with van der Waals surface area (Å²) in [6, 6.07) is 16.4. The Morgan fingerprint density at radius 1 is 1.22 bits per heavy atom. The summed E-state index contributed by atoms with van der Waals surface area (Å²) in [7, 11) is 0. The van der Waals surface area contributed by atoms with Gasteiger partial charge in [-0.3, -0.25) is 14.5 Å². The molecular weight excluding hydrogens is 362 g/mol. The SMILES string of the molecule is C[C@]12N=C3SCC(=O)N3[C@@H](c3ccccc3O1)[C@@H]2C(=O)Nc1ccccc1. The zero-order valence-electron chi connectivity index (χ0n) is 14.6. The van der Waals surface area contributed by atoms with Crippen molar-refractivity contribution in [2.75, 3.05) is 11.1 Å². The van der Waals surface area contributed by atoms with E-state index in [2.05, 4.69) is 5.32 Å². The van der Waals surface area contributed by atoms with E-state index >= 15 is 0 Å². The Balaban J connectivity index is 1.63. The molecule has 2 bridgehead atoms. The highest BCUT2D eigenvalue weighted by Crippen LogP contribution is 2.52. The zero-order chi connectivity index (χ0) is 18.6. The highest BCUT2D eigenvalue weighted by Gasteiger charge is 2.59. The second-order valence-electron chi connectivity index (χ2n) is 6.92. The van der Waals surface area contributed by atoms with Crippen LogP contribution in [0.25, 0.3) is 0 Å². The predicted molar refractivity (Wildman–Crippen MR) is 104 cm³/mol. The number of amides is 2. The largest absolute Gasteiger partial charge is 0.465 e. The summed E-state index contributed by atoms with van der Waals surface area (Å²) in [6.07, 6.45) is 0. The van der Waals surface area contributed by atoms with Gasteiger partial charge in [0.25, 0.3) is 0 Å². The lowest BCUT2D eigenvalue weighted by Gasteiger charge is -2.49. The standard InChI is InChI=1S/C20H17N3O3S/c1-20-16(18(25)21-12-7-3-2-4-8-12)17(13-9-5-6-10-14(13)26-20)23-15(24)11-27-19(23)22-20/h2-10,16-17H,11H2,1H3,(H,21,25)/t16-,17+,20+/m1/s1. The van der Waals surface area contributed by atoms with E-state index in [1.165, 1.54) is 11.8 Å². The van der Waals surface area contributed by atoms with E-state index in [9.17, 15) is 9.59 Å². The molecule has 3 heterocycles. The Hall–Kier alpha value is -2.80. The fraction of sp³-hybridized carbons (Fsp3) is 0.250. The van der Waals surface area contributed by atoms with Crippen LogP contribution >= 0.6 is 11.8 Å². The smallest absolute Gasteiger partial charge is 0.239 e. The van der Waals surface area contributed by atoms with Crippen LogP contribution in [0.2, 0.25) is 0 Å². The van der Waals surface area contributed by atoms with E-state index in [1.54, 1.807) is 4.90 Å². The van der Waals surface area contributed by atoms with E-state index in [1.807, 2.05) is 61.5 Å². The molecule has 0 spiro atoms. The lowest BCUT2D eigenvalue weighted by molar-refractivity contribution is -0.139. The number of nitrogens with one attached hydrogen (secondary N) is 1. The molecule has 2 aromatic carbocycles. The third-order valence-electron chi connectivity index (χ3n) is 5.17. The van der Waals surface area contributed by atoms with Crippen molar-refractivity contribution in [3.8, 4) is 5.75 Å². The monoisotopic (exact) mass is 379 g/mol. The van der Waals surface area contributed by atoms with Gasteiger partial charge in [0.1, 0.15) is 11.7 Å². The highest BCUT2D eigenvalue weighted by molar-refractivity contribution is 8.15. The number of amidine groups is 1. The Kier molecular flexibility index (Phi) is 3.55. The molecular formula is C20H17N3O3S. The van der Waals surface area contributed by atoms with E-state index in [0.717, 1.165) is 5.56 Å². The lowest BCUT2D eigenvalue weighted by Crippen LogP contribution is -2.59. The maximum atomic E-state index is 13.3. The number of benzene rings is 2. The van der Waals surface area contributed by atoms with Gasteiger partial charge in [0, 0.05) is 11.3 Å². The number of hydrogen-bond acceptors (Lipinski definition) is 5. The fourth-order valence-corrected chi connectivity index (χ4v) is 5.00. The summed E-state index contributed by atoms with van der Waals surface area (Å²) in [5, 5.41) is 3.59. The van der Waals surface area contributed by atoms with Crippen LogP contribution in [-0.2, 0) is 9.59 Å². The molecule has 5 rings (SSSR count). The van der Waals surface area contributed by atoms with Gasteiger partial charge in [-0.2, -0.15) is 0 Å². The molecule has 3 atom stereocenters. The van der Waals surface area contributed by atoms with Crippen molar-refractivity contribution in [1.29, 1.82) is 0 Å². The molecule has 2 amide bonds. The average Bonchev–Trinajstić information content (AvgIpc) is 3.01. The van der Waals surface area contributed by atoms with Crippen LogP contribution in [0.3, 0.4) is 0 Å². The van der Waals surface area contributed by atoms with Crippen molar-refractivity contribution < 1.29 is 14.3 Å².